The molecule has 1 aromatic heterocycles. The van der Waals surface area contributed by atoms with Gasteiger partial charge in [-0.05, 0) is 24.3 Å². The van der Waals surface area contributed by atoms with E-state index in [0.717, 1.165) is 4.68 Å². The first-order valence-electron chi connectivity index (χ1n) is 5.57. The largest absolute Gasteiger partial charge is 0.437 e. The van der Waals surface area contributed by atoms with Crippen molar-refractivity contribution in [2.45, 2.75) is 6.54 Å². The van der Waals surface area contributed by atoms with E-state index in [0.29, 0.717) is 5.56 Å². The first-order chi connectivity index (χ1) is 9.60. The maximum atomic E-state index is 12.8. The molecule has 7 nitrogen and oxygen atoms in total. The Morgan fingerprint density at radius 3 is 2.80 bits per heavy atom. The van der Waals surface area contributed by atoms with Crippen molar-refractivity contribution >= 4 is 5.91 Å². The second-order valence-electron chi connectivity index (χ2n) is 3.77. The molecule has 0 fully saturated rings. The zero-order chi connectivity index (χ0) is 14.5. The lowest BCUT2D eigenvalue weighted by atomic mass is 10.2. The average molecular weight is 276 g/mol. The van der Waals surface area contributed by atoms with E-state index in [2.05, 4.69) is 10.4 Å². The third-order valence-electron chi connectivity index (χ3n) is 2.36. The molecule has 0 bridgehead atoms. The Labute approximate surface area is 112 Å². The Bertz CT molecular complexity index is 712. The molecule has 20 heavy (non-hydrogen) atoms. The topological polar surface area (TPSA) is 101 Å². The van der Waals surface area contributed by atoms with Gasteiger partial charge in [-0.3, -0.25) is 4.79 Å². The zero-order valence-electron chi connectivity index (χ0n) is 10.2. The fourth-order valence-electron chi connectivity index (χ4n) is 1.45. The van der Waals surface area contributed by atoms with Gasteiger partial charge < -0.3 is 9.73 Å². The quantitative estimate of drug-likeness (QED) is 0.808. The van der Waals surface area contributed by atoms with Crippen LogP contribution in [0, 0.1) is 17.1 Å². The van der Waals surface area contributed by atoms with Gasteiger partial charge in [-0.2, -0.15) is 9.94 Å². The molecule has 0 aliphatic rings. The predicted molar refractivity (Wildman–Crippen MR) is 64.8 cm³/mol. The van der Waals surface area contributed by atoms with Gasteiger partial charge in [0, 0.05) is 5.56 Å². The van der Waals surface area contributed by atoms with Crippen LogP contribution in [0.15, 0.2) is 33.5 Å². The molecule has 102 valence electrons. The highest BCUT2D eigenvalue weighted by Crippen LogP contribution is 2.15. The molecule has 1 heterocycles. The number of hydrogen-bond donors (Lipinski definition) is 1. The molecule has 0 atom stereocenters. The molecule has 1 amide bonds. The number of amides is 1. The second-order valence-corrected chi connectivity index (χ2v) is 3.77. The van der Waals surface area contributed by atoms with Crippen LogP contribution in [0.1, 0.15) is 0 Å². The normalized spacial score (nSPS) is 10.0. The van der Waals surface area contributed by atoms with Crippen LogP contribution in [0.4, 0.5) is 4.39 Å². The zero-order valence-corrected chi connectivity index (χ0v) is 10.2. The molecule has 0 aliphatic heterocycles. The van der Waals surface area contributed by atoms with Gasteiger partial charge in [0.05, 0.1) is 6.07 Å². The number of carbonyl (C=O) groups is 1. The fraction of sp³-hybridized carbons (Fsp3) is 0.167. The van der Waals surface area contributed by atoms with Crippen molar-refractivity contribution in [1.29, 1.82) is 5.26 Å². The molecular weight excluding hydrogens is 267 g/mol. The monoisotopic (exact) mass is 276 g/mol. The summed E-state index contributed by atoms with van der Waals surface area (Å²) in [5.74, 6) is -1.78. The number of halogens is 1. The van der Waals surface area contributed by atoms with E-state index in [4.69, 9.17) is 9.68 Å². The number of carbonyl (C=O) groups excluding carboxylic acids is 1. The highest BCUT2D eigenvalue weighted by molar-refractivity contribution is 5.75. The highest BCUT2D eigenvalue weighted by atomic mass is 19.1. The number of rotatable bonds is 4. The molecule has 0 saturated heterocycles. The van der Waals surface area contributed by atoms with Gasteiger partial charge in [0.15, 0.2) is 0 Å². The number of aromatic nitrogens is 2. The van der Waals surface area contributed by atoms with Crippen molar-refractivity contribution in [1.82, 2.24) is 15.1 Å². The molecule has 2 rings (SSSR count). The predicted octanol–water partition coefficient (Wildman–Crippen LogP) is 0.282. The van der Waals surface area contributed by atoms with Crippen LogP contribution in [0.25, 0.3) is 11.5 Å². The molecule has 2 aromatic rings. The lowest BCUT2D eigenvalue weighted by Crippen LogP contribution is -2.31. The molecule has 0 radical (unpaired) electrons. The van der Waals surface area contributed by atoms with E-state index in [9.17, 15) is 14.0 Å². The van der Waals surface area contributed by atoms with Crippen LogP contribution in [-0.2, 0) is 11.3 Å². The number of nitriles is 1. The van der Waals surface area contributed by atoms with Gasteiger partial charge in [-0.1, -0.05) is 0 Å². The molecule has 0 saturated carbocycles. The van der Waals surface area contributed by atoms with Crippen LogP contribution >= 0.6 is 0 Å². The number of nitrogens with one attached hydrogen (secondary N) is 1. The van der Waals surface area contributed by atoms with Crippen LogP contribution < -0.4 is 11.1 Å². The van der Waals surface area contributed by atoms with E-state index < -0.39 is 17.5 Å². The Balaban J connectivity index is 2.18. The fourth-order valence-corrected chi connectivity index (χ4v) is 1.45. The summed E-state index contributed by atoms with van der Waals surface area (Å²) in [4.78, 5) is 22.9. The molecular formula is C12H9FN4O3. The maximum absolute atomic E-state index is 12.8. The van der Waals surface area contributed by atoms with Crippen molar-refractivity contribution < 1.29 is 13.6 Å². The standard InChI is InChI=1S/C12H9FN4O3/c13-9-3-1-8(2-4-9)11-16-17(12(19)20-11)7-10(18)15-6-5-14/h1-4H,6-7H2,(H,15,18). The molecule has 0 spiro atoms. The van der Waals surface area contributed by atoms with Gasteiger partial charge in [0.25, 0.3) is 0 Å². The van der Waals surface area contributed by atoms with Crippen molar-refractivity contribution in [2.75, 3.05) is 6.54 Å². The van der Waals surface area contributed by atoms with Gasteiger partial charge in [0.2, 0.25) is 11.8 Å². The Morgan fingerprint density at radius 1 is 1.45 bits per heavy atom. The van der Waals surface area contributed by atoms with Crippen molar-refractivity contribution in [3.05, 3.63) is 40.6 Å². The number of hydrogen-bond acceptors (Lipinski definition) is 5. The third-order valence-corrected chi connectivity index (χ3v) is 2.36. The third kappa shape index (κ3) is 3.08. The van der Waals surface area contributed by atoms with Gasteiger partial charge in [-0.25, -0.2) is 9.18 Å². The van der Waals surface area contributed by atoms with E-state index in [1.54, 1.807) is 6.07 Å². The first kappa shape index (κ1) is 13.5. The summed E-state index contributed by atoms with van der Waals surface area (Å²) in [6.07, 6.45) is 0. The van der Waals surface area contributed by atoms with Gasteiger partial charge >= 0.3 is 5.76 Å². The average Bonchev–Trinajstić information content (AvgIpc) is 2.78. The van der Waals surface area contributed by atoms with Crippen molar-refractivity contribution in [3.8, 4) is 17.5 Å². The Kier molecular flexibility index (Phi) is 3.91. The van der Waals surface area contributed by atoms with Gasteiger partial charge in [-0.15, -0.1) is 5.10 Å². The molecule has 1 aromatic carbocycles. The van der Waals surface area contributed by atoms with E-state index in [1.807, 2.05) is 0 Å². The SMILES string of the molecule is N#CCNC(=O)Cn1nc(-c2ccc(F)cc2)oc1=O. The number of benzene rings is 1. The minimum atomic E-state index is -0.809. The lowest BCUT2D eigenvalue weighted by Gasteiger charge is -1.98. The van der Waals surface area contributed by atoms with E-state index in [1.165, 1.54) is 24.3 Å². The first-order valence-corrected chi connectivity index (χ1v) is 5.57. The summed E-state index contributed by atoms with van der Waals surface area (Å²) in [6, 6.07) is 6.95. The summed E-state index contributed by atoms with van der Waals surface area (Å²) >= 11 is 0. The van der Waals surface area contributed by atoms with Crippen LogP contribution in [-0.4, -0.2) is 22.2 Å². The Hall–Kier alpha value is -2.95. The molecule has 0 unspecified atom stereocenters. The van der Waals surface area contributed by atoms with Crippen molar-refractivity contribution in [2.24, 2.45) is 0 Å². The van der Waals surface area contributed by atoms with Crippen LogP contribution in [0.2, 0.25) is 0 Å². The summed E-state index contributed by atoms with van der Waals surface area (Å²) in [5.41, 5.74) is 0.416. The second kappa shape index (κ2) is 5.79. The number of nitrogens with zero attached hydrogens (tertiary/aromatic N) is 3. The lowest BCUT2D eigenvalue weighted by molar-refractivity contribution is -0.121. The molecule has 1 N–H and O–H groups in total. The van der Waals surface area contributed by atoms with Gasteiger partial charge in [0.1, 0.15) is 18.9 Å². The summed E-state index contributed by atoms with van der Waals surface area (Å²) < 4.78 is 18.5. The van der Waals surface area contributed by atoms with Crippen LogP contribution in [0.5, 0.6) is 0 Å². The summed E-state index contributed by atoms with van der Waals surface area (Å²) in [6.45, 7) is -0.512. The molecule has 8 heteroatoms. The maximum Gasteiger partial charge on any atom is 0.437 e. The highest BCUT2D eigenvalue weighted by Gasteiger charge is 2.12. The molecule has 0 aliphatic carbocycles. The van der Waals surface area contributed by atoms with E-state index in [-0.39, 0.29) is 19.0 Å². The minimum Gasteiger partial charge on any atom is -0.388 e. The van der Waals surface area contributed by atoms with Crippen LogP contribution in [0.3, 0.4) is 0 Å². The summed E-state index contributed by atoms with van der Waals surface area (Å²) in [7, 11) is 0. The summed E-state index contributed by atoms with van der Waals surface area (Å²) in [5, 5.41) is 14.4. The van der Waals surface area contributed by atoms with E-state index >= 15 is 0 Å². The minimum absolute atomic E-state index is 0.0110. The van der Waals surface area contributed by atoms with Crippen molar-refractivity contribution in [3.63, 3.8) is 0 Å². The Morgan fingerprint density at radius 2 is 2.15 bits per heavy atom. The smallest absolute Gasteiger partial charge is 0.388 e.